The van der Waals surface area contributed by atoms with Crippen molar-refractivity contribution in [3.05, 3.63) is 35.4 Å². The molecule has 0 saturated carbocycles. The van der Waals surface area contributed by atoms with Gasteiger partial charge in [0, 0.05) is 37.2 Å². The number of carbonyl (C=O) groups is 1. The van der Waals surface area contributed by atoms with E-state index < -0.39 is 24.6 Å². The van der Waals surface area contributed by atoms with E-state index in [0.29, 0.717) is 5.56 Å². The summed E-state index contributed by atoms with van der Waals surface area (Å²) in [6, 6.07) is 7.08. The Kier molecular flexibility index (Phi) is 5.07. The number of hydrogen-bond acceptors (Lipinski definition) is 3. The zero-order chi connectivity index (χ0) is 16.4. The highest BCUT2D eigenvalue weighted by atomic mass is 32.2. The van der Waals surface area contributed by atoms with Crippen LogP contribution in [0.5, 0.6) is 0 Å². The van der Waals surface area contributed by atoms with E-state index in [2.05, 4.69) is 0 Å². The van der Waals surface area contributed by atoms with E-state index in [1.807, 2.05) is 18.4 Å². The first kappa shape index (κ1) is 17.1. The van der Waals surface area contributed by atoms with Crippen molar-refractivity contribution < 1.29 is 23.1 Å². The number of thioether (sulfide) groups is 1. The molecule has 2 rings (SSSR count). The second kappa shape index (κ2) is 6.50. The molecule has 0 aromatic heterocycles. The summed E-state index contributed by atoms with van der Waals surface area (Å²) in [6.45, 7) is -0.192. The molecule has 1 aromatic carbocycles. The molecule has 1 N–H and O–H groups in total. The van der Waals surface area contributed by atoms with E-state index in [4.69, 9.17) is 0 Å². The van der Waals surface area contributed by atoms with E-state index in [1.54, 1.807) is 23.9 Å². The summed E-state index contributed by atoms with van der Waals surface area (Å²) >= 11 is 1.67. The van der Waals surface area contributed by atoms with Crippen LogP contribution in [0.25, 0.3) is 0 Å². The van der Waals surface area contributed by atoms with Gasteiger partial charge in [-0.2, -0.15) is 24.9 Å². The molecule has 0 atom stereocenters. The second-order valence-electron chi connectivity index (χ2n) is 5.45. The molecule has 1 fully saturated rings. The van der Waals surface area contributed by atoms with Crippen LogP contribution in [0.3, 0.4) is 0 Å². The molecule has 0 spiro atoms. The second-order valence-corrected chi connectivity index (χ2v) is 6.32. The monoisotopic (exact) mass is 333 g/mol. The summed E-state index contributed by atoms with van der Waals surface area (Å²) < 4.78 is 38.2. The molecular formula is C15H18F3NO2S. The number of amides is 1. The highest BCUT2D eigenvalue weighted by molar-refractivity contribution is 7.97. The molecule has 1 amide bonds. The van der Waals surface area contributed by atoms with Crippen molar-refractivity contribution >= 4 is 17.7 Å². The Labute approximate surface area is 131 Å². The van der Waals surface area contributed by atoms with E-state index in [1.165, 1.54) is 4.90 Å². The zero-order valence-corrected chi connectivity index (χ0v) is 13.0. The molecule has 1 heterocycles. The van der Waals surface area contributed by atoms with Crippen molar-refractivity contribution in [3.63, 3.8) is 0 Å². The largest absolute Gasteiger partial charge is 0.417 e. The van der Waals surface area contributed by atoms with E-state index in [-0.39, 0.29) is 19.0 Å². The first-order valence-corrected chi connectivity index (χ1v) is 8.32. The smallest absolute Gasteiger partial charge is 0.380 e. The van der Waals surface area contributed by atoms with Gasteiger partial charge in [0.1, 0.15) is 0 Å². The first-order chi connectivity index (χ1) is 10.3. The van der Waals surface area contributed by atoms with Crippen LogP contribution < -0.4 is 0 Å². The van der Waals surface area contributed by atoms with Gasteiger partial charge in [-0.3, -0.25) is 4.79 Å². The third-order valence-electron chi connectivity index (χ3n) is 3.92. The minimum atomic E-state index is -4.65. The Morgan fingerprint density at radius 2 is 1.82 bits per heavy atom. The van der Waals surface area contributed by atoms with Gasteiger partial charge in [-0.1, -0.05) is 12.1 Å². The molecular weight excluding hydrogens is 315 g/mol. The van der Waals surface area contributed by atoms with Gasteiger partial charge in [0.2, 0.25) is 0 Å². The Morgan fingerprint density at radius 3 is 2.27 bits per heavy atom. The number of rotatable bonds is 3. The topological polar surface area (TPSA) is 40.5 Å². The molecule has 3 nitrogen and oxygen atoms in total. The summed E-state index contributed by atoms with van der Waals surface area (Å²) in [6.07, 6.45) is -3.63. The van der Waals surface area contributed by atoms with Gasteiger partial charge in [-0.05, 0) is 24.0 Å². The number of carbonyl (C=O) groups excluding carboxylic acids is 1. The molecule has 1 aliphatic heterocycles. The van der Waals surface area contributed by atoms with Crippen LogP contribution in [0, 0.1) is 0 Å². The predicted molar refractivity (Wildman–Crippen MR) is 79.8 cm³/mol. The number of likely N-dealkylation sites (tertiary alicyclic amines) is 1. The maximum atomic E-state index is 12.7. The van der Waals surface area contributed by atoms with Crippen molar-refractivity contribution in [1.29, 1.82) is 0 Å². The Balaban J connectivity index is 2.00. The van der Waals surface area contributed by atoms with E-state index in [0.717, 1.165) is 11.3 Å². The molecule has 0 unspecified atom stereocenters. The van der Waals surface area contributed by atoms with Crippen LogP contribution in [-0.2, 0) is 5.75 Å². The van der Waals surface area contributed by atoms with Crippen molar-refractivity contribution in [3.8, 4) is 0 Å². The fraction of sp³-hybridized carbons (Fsp3) is 0.533. The summed E-state index contributed by atoms with van der Waals surface area (Å²) in [5.74, 6) is 0.552. The number of piperidine rings is 1. The van der Waals surface area contributed by atoms with Gasteiger partial charge in [0.15, 0.2) is 5.60 Å². The molecule has 0 radical (unpaired) electrons. The lowest BCUT2D eigenvalue weighted by molar-refractivity contribution is -0.271. The molecule has 0 bridgehead atoms. The van der Waals surface area contributed by atoms with Crippen LogP contribution in [-0.4, -0.2) is 47.0 Å². The van der Waals surface area contributed by atoms with Crippen LogP contribution in [0.2, 0.25) is 0 Å². The number of nitrogens with zero attached hydrogens (tertiary/aromatic N) is 1. The lowest BCUT2D eigenvalue weighted by atomic mass is 9.90. The standard InChI is InChI=1S/C15H18F3NO2S/c1-22-10-11-2-4-12(5-3-11)13(20)19-8-6-14(21,7-9-19)15(16,17)18/h2-5,21H,6-10H2,1H3. The van der Waals surface area contributed by atoms with E-state index in [9.17, 15) is 23.1 Å². The Hall–Kier alpha value is -1.21. The fourth-order valence-corrected chi connectivity index (χ4v) is 2.98. The summed E-state index contributed by atoms with van der Waals surface area (Å²) in [5.41, 5.74) is -1.12. The van der Waals surface area contributed by atoms with Crippen LogP contribution >= 0.6 is 11.8 Å². The van der Waals surface area contributed by atoms with Gasteiger partial charge in [0.25, 0.3) is 5.91 Å². The maximum absolute atomic E-state index is 12.7. The highest BCUT2D eigenvalue weighted by Gasteiger charge is 2.54. The zero-order valence-electron chi connectivity index (χ0n) is 12.2. The van der Waals surface area contributed by atoms with Crippen molar-refractivity contribution in [2.24, 2.45) is 0 Å². The third-order valence-corrected chi connectivity index (χ3v) is 4.54. The van der Waals surface area contributed by atoms with Crippen molar-refractivity contribution in [2.45, 2.75) is 30.4 Å². The summed E-state index contributed by atoms with van der Waals surface area (Å²) in [7, 11) is 0. The molecule has 7 heteroatoms. The van der Waals surface area contributed by atoms with Crippen LogP contribution in [0.4, 0.5) is 13.2 Å². The van der Waals surface area contributed by atoms with Gasteiger partial charge in [-0.25, -0.2) is 0 Å². The third kappa shape index (κ3) is 3.57. The van der Waals surface area contributed by atoms with Gasteiger partial charge in [-0.15, -0.1) is 0 Å². The number of aliphatic hydroxyl groups is 1. The molecule has 1 aromatic rings. The van der Waals surface area contributed by atoms with Gasteiger partial charge < -0.3 is 10.0 Å². The number of halogens is 3. The highest BCUT2D eigenvalue weighted by Crippen LogP contribution is 2.38. The number of alkyl halides is 3. The molecule has 22 heavy (non-hydrogen) atoms. The van der Waals surface area contributed by atoms with E-state index >= 15 is 0 Å². The first-order valence-electron chi connectivity index (χ1n) is 6.93. The number of hydrogen-bond donors (Lipinski definition) is 1. The maximum Gasteiger partial charge on any atom is 0.417 e. The van der Waals surface area contributed by atoms with Crippen LogP contribution in [0.1, 0.15) is 28.8 Å². The van der Waals surface area contributed by atoms with Crippen molar-refractivity contribution in [2.75, 3.05) is 19.3 Å². The summed E-state index contributed by atoms with van der Waals surface area (Å²) in [4.78, 5) is 13.7. The minimum Gasteiger partial charge on any atom is -0.380 e. The normalized spacial score (nSPS) is 18.3. The lowest BCUT2D eigenvalue weighted by Crippen LogP contribution is -2.54. The Morgan fingerprint density at radius 1 is 1.27 bits per heavy atom. The molecule has 1 aliphatic rings. The molecule has 122 valence electrons. The average molecular weight is 333 g/mol. The quantitative estimate of drug-likeness (QED) is 0.924. The summed E-state index contributed by atoms with van der Waals surface area (Å²) in [5, 5.41) is 9.61. The molecule has 1 saturated heterocycles. The van der Waals surface area contributed by atoms with Gasteiger partial charge in [0.05, 0.1) is 0 Å². The Bertz CT molecular complexity index is 523. The predicted octanol–water partition coefficient (Wildman–Crippen LogP) is 3.08. The number of benzene rings is 1. The van der Waals surface area contributed by atoms with Gasteiger partial charge >= 0.3 is 6.18 Å². The molecule has 0 aliphatic carbocycles. The van der Waals surface area contributed by atoms with Crippen LogP contribution in [0.15, 0.2) is 24.3 Å². The average Bonchev–Trinajstić information content (AvgIpc) is 2.47. The lowest BCUT2D eigenvalue weighted by Gasteiger charge is -2.39. The fourth-order valence-electron chi connectivity index (χ4n) is 2.46. The SMILES string of the molecule is CSCc1ccc(C(=O)N2CCC(O)(C(F)(F)F)CC2)cc1. The van der Waals surface area contributed by atoms with Crippen molar-refractivity contribution in [1.82, 2.24) is 4.90 Å². The minimum absolute atomic E-state index is 0.0958.